The van der Waals surface area contributed by atoms with E-state index in [1.165, 1.54) is 18.1 Å². The van der Waals surface area contributed by atoms with Gasteiger partial charge in [-0.15, -0.1) is 0 Å². The van der Waals surface area contributed by atoms with Crippen LogP contribution in [0.25, 0.3) is 0 Å². The Morgan fingerprint density at radius 3 is 2.73 bits per heavy atom. The molecule has 0 unspecified atom stereocenters. The minimum Gasteiger partial charge on any atom is -0.488 e. The van der Waals surface area contributed by atoms with Gasteiger partial charge in [-0.2, -0.15) is 14.9 Å². The van der Waals surface area contributed by atoms with Crippen LogP contribution in [0.1, 0.15) is 21.5 Å². The lowest BCUT2D eigenvalue weighted by Crippen LogP contribution is -2.02. The van der Waals surface area contributed by atoms with E-state index in [1.54, 1.807) is 18.3 Å². The van der Waals surface area contributed by atoms with Gasteiger partial charge in [-0.25, -0.2) is 4.79 Å². The van der Waals surface area contributed by atoms with E-state index >= 15 is 0 Å². The predicted octanol–water partition coefficient (Wildman–Crippen LogP) is 3.19. The van der Waals surface area contributed by atoms with Crippen LogP contribution >= 0.6 is 12.2 Å². The molecule has 8 heteroatoms. The van der Waals surface area contributed by atoms with Crippen molar-refractivity contribution in [3.05, 3.63) is 76.3 Å². The molecule has 0 saturated carbocycles. The van der Waals surface area contributed by atoms with E-state index in [0.29, 0.717) is 22.7 Å². The summed E-state index contributed by atoms with van der Waals surface area (Å²) in [6.07, 6.45) is 3.15. The summed E-state index contributed by atoms with van der Waals surface area (Å²) in [5, 5.41) is 10.7. The van der Waals surface area contributed by atoms with Crippen molar-refractivity contribution in [1.82, 2.24) is 14.9 Å². The van der Waals surface area contributed by atoms with Crippen LogP contribution in [0.3, 0.4) is 0 Å². The van der Waals surface area contributed by atoms with Gasteiger partial charge in [0.05, 0.1) is 18.9 Å². The molecular formula is C18H16N4O3S. The standard InChI is InChI=1S/C18H16N4O3S/c1-24-17(23)14-8-6-13(7-9-14)11-25-16-5-3-2-4-15(16)10-20-22-12-19-21-18(22)26/h2-10,12H,11H2,1H3,(H,21,26). The zero-order valence-corrected chi connectivity index (χ0v) is 14.8. The first-order chi connectivity index (χ1) is 12.7. The van der Waals surface area contributed by atoms with Crippen LogP contribution in [0, 0.1) is 4.77 Å². The zero-order valence-electron chi connectivity index (χ0n) is 14.0. The van der Waals surface area contributed by atoms with Gasteiger partial charge in [0.1, 0.15) is 18.7 Å². The first-order valence-electron chi connectivity index (χ1n) is 7.73. The van der Waals surface area contributed by atoms with Gasteiger partial charge in [-0.05, 0) is 42.0 Å². The second kappa shape index (κ2) is 8.21. The Morgan fingerprint density at radius 2 is 2.04 bits per heavy atom. The summed E-state index contributed by atoms with van der Waals surface area (Å²) in [6, 6.07) is 14.6. The summed E-state index contributed by atoms with van der Waals surface area (Å²) in [4.78, 5) is 11.5. The molecule has 132 valence electrons. The number of benzene rings is 2. The third-order valence-corrected chi connectivity index (χ3v) is 3.82. The second-order valence-corrected chi connectivity index (χ2v) is 5.65. The molecule has 0 amide bonds. The first kappa shape index (κ1) is 17.6. The number of nitrogens with zero attached hydrogens (tertiary/aromatic N) is 3. The largest absolute Gasteiger partial charge is 0.488 e. The van der Waals surface area contributed by atoms with Crippen LogP contribution in [-0.2, 0) is 11.3 Å². The monoisotopic (exact) mass is 368 g/mol. The number of esters is 1. The fourth-order valence-corrected chi connectivity index (χ4v) is 2.33. The summed E-state index contributed by atoms with van der Waals surface area (Å²) in [7, 11) is 1.36. The highest BCUT2D eigenvalue weighted by atomic mass is 32.1. The number of para-hydroxylation sites is 1. The molecule has 3 aromatic rings. The van der Waals surface area contributed by atoms with E-state index in [9.17, 15) is 4.79 Å². The number of nitrogens with one attached hydrogen (secondary N) is 1. The molecule has 0 saturated heterocycles. The normalized spacial score (nSPS) is 10.8. The average Bonchev–Trinajstić information content (AvgIpc) is 3.10. The number of H-pyrrole nitrogens is 1. The molecule has 2 aromatic carbocycles. The van der Waals surface area contributed by atoms with E-state index in [0.717, 1.165) is 11.1 Å². The van der Waals surface area contributed by atoms with Gasteiger partial charge in [0.25, 0.3) is 0 Å². The molecule has 0 atom stereocenters. The van der Waals surface area contributed by atoms with Crippen molar-refractivity contribution in [3.8, 4) is 5.75 Å². The van der Waals surface area contributed by atoms with E-state index in [2.05, 4.69) is 20.0 Å². The van der Waals surface area contributed by atoms with Crippen LogP contribution < -0.4 is 4.74 Å². The van der Waals surface area contributed by atoms with E-state index in [4.69, 9.17) is 17.0 Å². The first-order valence-corrected chi connectivity index (χ1v) is 8.13. The molecule has 7 nitrogen and oxygen atoms in total. The van der Waals surface area contributed by atoms with Crippen molar-refractivity contribution >= 4 is 24.4 Å². The van der Waals surface area contributed by atoms with Crippen LogP contribution in [0.15, 0.2) is 60.0 Å². The maximum absolute atomic E-state index is 11.5. The maximum atomic E-state index is 11.5. The van der Waals surface area contributed by atoms with E-state index in [1.807, 2.05) is 36.4 Å². The molecule has 1 heterocycles. The van der Waals surface area contributed by atoms with Crippen LogP contribution in [0.5, 0.6) is 5.75 Å². The molecular weight excluding hydrogens is 352 g/mol. The quantitative estimate of drug-likeness (QED) is 0.410. The molecule has 3 rings (SSSR count). The van der Waals surface area contributed by atoms with Gasteiger partial charge in [-0.1, -0.05) is 24.3 Å². The Hall–Kier alpha value is -3.26. The third-order valence-electron chi connectivity index (χ3n) is 3.54. The van der Waals surface area contributed by atoms with Crippen molar-refractivity contribution in [2.45, 2.75) is 6.61 Å². The summed E-state index contributed by atoms with van der Waals surface area (Å²) in [5.41, 5.74) is 2.24. The molecule has 0 fully saturated rings. The van der Waals surface area contributed by atoms with Crippen LogP contribution in [-0.4, -0.2) is 34.2 Å². The predicted molar refractivity (Wildman–Crippen MR) is 99.0 cm³/mol. The van der Waals surface area contributed by atoms with Gasteiger partial charge in [-0.3, -0.25) is 5.10 Å². The summed E-state index contributed by atoms with van der Waals surface area (Å²) in [5.74, 6) is 0.320. The Balaban J connectivity index is 1.70. The molecule has 0 aliphatic rings. The SMILES string of the molecule is COC(=O)c1ccc(COc2ccccc2C=Nn2cn[nH]c2=S)cc1. The third kappa shape index (κ3) is 4.22. The average molecular weight is 368 g/mol. The zero-order chi connectivity index (χ0) is 18.4. The van der Waals surface area contributed by atoms with Gasteiger partial charge in [0, 0.05) is 5.56 Å². The molecule has 26 heavy (non-hydrogen) atoms. The van der Waals surface area contributed by atoms with Crippen LogP contribution in [0.2, 0.25) is 0 Å². The summed E-state index contributed by atoms with van der Waals surface area (Å²) in [6.45, 7) is 0.359. The van der Waals surface area contributed by atoms with Crippen molar-refractivity contribution < 1.29 is 14.3 Å². The van der Waals surface area contributed by atoms with Gasteiger partial charge in [0.15, 0.2) is 0 Å². The van der Waals surface area contributed by atoms with Gasteiger partial charge >= 0.3 is 5.97 Å². The van der Waals surface area contributed by atoms with E-state index in [-0.39, 0.29) is 5.97 Å². The molecule has 0 bridgehead atoms. The number of rotatable bonds is 6. The highest BCUT2D eigenvalue weighted by Crippen LogP contribution is 2.18. The lowest BCUT2D eigenvalue weighted by atomic mass is 10.1. The Kier molecular flexibility index (Phi) is 5.55. The summed E-state index contributed by atoms with van der Waals surface area (Å²) < 4.78 is 12.4. The number of aromatic nitrogens is 3. The number of carbonyl (C=O) groups excluding carboxylic acids is 1. The van der Waals surface area contributed by atoms with Crippen LogP contribution in [0.4, 0.5) is 0 Å². The number of ether oxygens (including phenoxy) is 2. The number of carbonyl (C=O) groups is 1. The Bertz CT molecular complexity index is 976. The molecule has 0 radical (unpaired) electrons. The number of hydrogen-bond donors (Lipinski definition) is 1. The molecule has 1 aromatic heterocycles. The molecule has 0 aliphatic carbocycles. The van der Waals surface area contributed by atoms with Gasteiger partial charge in [0.2, 0.25) is 4.77 Å². The Morgan fingerprint density at radius 1 is 1.27 bits per heavy atom. The lowest BCUT2D eigenvalue weighted by molar-refractivity contribution is 0.0600. The summed E-state index contributed by atoms with van der Waals surface area (Å²) >= 11 is 5.05. The smallest absolute Gasteiger partial charge is 0.337 e. The van der Waals surface area contributed by atoms with Crippen molar-refractivity contribution in [1.29, 1.82) is 0 Å². The number of aromatic amines is 1. The number of hydrogen-bond acceptors (Lipinski definition) is 6. The fourth-order valence-electron chi connectivity index (χ4n) is 2.18. The molecule has 0 spiro atoms. The molecule has 1 N–H and O–H groups in total. The maximum Gasteiger partial charge on any atom is 0.337 e. The minimum absolute atomic E-state index is 0.359. The fraction of sp³-hybridized carbons (Fsp3) is 0.111. The number of methoxy groups -OCH3 is 1. The molecule has 0 aliphatic heterocycles. The van der Waals surface area contributed by atoms with Crippen molar-refractivity contribution in [2.75, 3.05) is 7.11 Å². The van der Waals surface area contributed by atoms with Crippen molar-refractivity contribution in [2.24, 2.45) is 5.10 Å². The van der Waals surface area contributed by atoms with Crippen molar-refractivity contribution in [3.63, 3.8) is 0 Å². The highest BCUT2D eigenvalue weighted by molar-refractivity contribution is 7.71. The Labute approximate surface area is 154 Å². The topological polar surface area (TPSA) is 81.5 Å². The van der Waals surface area contributed by atoms with Gasteiger partial charge < -0.3 is 9.47 Å². The highest BCUT2D eigenvalue weighted by Gasteiger charge is 2.06. The lowest BCUT2D eigenvalue weighted by Gasteiger charge is -2.09. The minimum atomic E-state index is -0.364. The second-order valence-electron chi connectivity index (χ2n) is 5.27. The van der Waals surface area contributed by atoms with E-state index < -0.39 is 0 Å².